The second-order valence-corrected chi connectivity index (χ2v) is 7.31. The van der Waals surface area contributed by atoms with Crippen LogP contribution in [0, 0.1) is 0 Å². The molecule has 4 nitrogen and oxygen atoms in total. The molecule has 0 aromatic heterocycles. The van der Waals surface area contributed by atoms with Crippen molar-refractivity contribution in [1.82, 2.24) is 4.72 Å². The van der Waals surface area contributed by atoms with E-state index in [2.05, 4.69) is 4.72 Å². The summed E-state index contributed by atoms with van der Waals surface area (Å²) in [7, 11) is -2.06. The SMILES string of the molecule is COc1ccccc1[C@@H](C)NS(=O)(=O)c1ccc2ccccc2c1. The van der Waals surface area contributed by atoms with Gasteiger partial charge in [0.15, 0.2) is 0 Å². The average Bonchev–Trinajstić information content (AvgIpc) is 2.60. The van der Waals surface area contributed by atoms with E-state index < -0.39 is 16.1 Å². The summed E-state index contributed by atoms with van der Waals surface area (Å²) in [4.78, 5) is 0.253. The van der Waals surface area contributed by atoms with E-state index in [1.165, 1.54) is 0 Å². The van der Waals surface area contributed by atoms with Gasteiger partial charge in [-0.3, -0.25) is 0 Å². The standard InChI is InChI=1S/C19H19NO3S/c1-14(18-9-5-6-10-19(18)23-2)20-24(21,22)17-12-11-15-7-3-4-8-16(15)13-17/h3-14,20H,1-2H3/t14-/m1/s1. The molecular formula is C19H19NO3S. The fraction of sp³-hybridized carbons (Fsp3) is 0.158. The zero-order valence-corrected chi connectivity index (χ0v) is 14.4. The van der Waals surface area contributed by atoms with Crippen molar-refractivity contribution in [2.24, 2.45) is 0 Å². The van der Waals surface area contributed by atoms with Crippen LogP contribution in [0.25, 0.3) is 10.8 Å². The fourth-order valence-corrected chi connectivity index (χ4v) is 3.98. The van der Waals surface area contributed by atoms with Crippen LogP contribution in [0.5, 0.6) is 5.75 Å². The number of ether oxygens (including phenoxy) is 1. The van der Waals surface area contributed by atoms with Gasteiger partial charge in [-0.25, -0.2) is 13.1 Å². The lowest BCUT2D eigenvalue weighted by atomic mass is 10.1. The van der Waals surface area contributed by atoms with E-state index in [0.717, 1.165) is 16.3 Å². The summed E-state index contributed by atoms with van der Waals surface area (Å²) in [6, 6.07) is 19.8. The van der Waals surface area contributed by atoms with Gasteiger partial charge in [0.05, 0.1) is 12.0 Å². The van der Waals surface area contributed by atoms with Gasteiger partial charge in [0, 0.05) is 11.6 Å². The van der Waals surface area contributed by atoms with Crippen LogP contribution in [0.2, 0.25) is 0 Å². The summed E-state index contributed by atoms with van der Waals surface area (Å²) in [5.74, 6) is 0.659. The number of methoxy groups -OCH3 is 1. The zero-order chi connectivity index (χ0) is 17.2. The van der Waals surface area contributed by atoms with Gasteiger partial charge < -0.3 is 4.74 Å². The molecule has 0 fully saturated rings. The smallest absolute Gasteiger partial charge is 0.241 e. The maximum Gasteiger partial charge on any atom is 0.241 e. The van der Waals surface area contributed by atoms with Crippen molar-refractivity contribution < 1.29 is 13.2 Å². The molecule has 0 spiro atoms. The lowest BCUT2D eigenvalue weighted by molar-refractivity contribution is 0.405. The molecule has 0 aliphatic carbocycles. The number of fused-ring (bicyclic) bond motifs is 1. The zero-order valence-electron chi connectivity index (χ0n) is 13.6. The summed E-state index contributed by atoms with van der Waals surface area (Å²) in [6.07, 6.45) is 0. The minimum Gasteiger partial charge on any atom is -0.496 e. The van der Waals surface area contributed by atoms with Gasteiger partial charge >= 0.3 is 0 Å². The van der Waals surface area contributed by atoms with Crippen LogP contribution < -0.4 is 9.46 Å². The molecule has 0 saturated heterocycles. The maximum absolute atomic E-state index is 12.7. The number of benzene rings is 3. The van der Waals surface area contributed by atoms with E-state index in [-0.39, 0.29) is 4.90 Å². The largest absolute Gasteiger partial charge is 0.496 e. The molecule has 0 bridgehead atoms. The first-order valence-electron chi connectivity index (χ1n) is 7.65. The van der Waals surface area contributed by atoms with Crippen LogP contribution in [0.3, 0.4) is 0 Å². The average molecular weight is 341 g/mol. The Bertz CT molecular complexity index is 967. The molecule has 3 rings (SSSR count). The molecule has 3 aromatic carbocycles. The number of nitrogens with one attached hydrogen (secondary N) is 1. The number of hydrogen-bond donors (Lipinski definition) is 1. The fourth-order valence-electron chi connectivity index (χ4n) is 2.72. The molecule has 0 heterocycles. The van der Waals surface area contributed by atoms with Crippen LogP contribution in [-0.4, -0.2) is 15.5 Å². The minimum absolute atomic E-state index is 0.253. The molecule has 3 aromatic rings. The second-order valence-electron chi connectivity index (χ2n) is 5.59. The van der Waals surface area contributed by atoms with E-state index >= 15 is 0 Å². The predicted molar refractivity (Wildman–Crippen MR) is 95.7 cm³/mol. The Morgan fingerprint density at radius 3 is 2.33 bits per heavy atom. The molecule has 5 heteroatoms. The lowest BCUT2D eigenvalue weighted by Gasteiger charge is -2.17. The third kappa shape index (κ3) is 3.27. The van der Waals surface area contributed by atoms with Gasteiger partial charge in [-0.1, -0.05) is 48.5 Å². The number of hydrogen-bond acceptors (Lipinski definition) is 3. The molecule has 0 aliphatic rings. The molecule has 0 radical (unpaired) electrons. The van der Waals surface area contributed by atoms with Gasteiger partial charge in [-0.2, -0.15) is 0 Å². The van der Waals surface area contributed by atoms with Crippen LogP contribution in [0.15, 0.2) is 71.6 Å². The molecular weight excluding hydrogens is 322 g/mol. The van der Waals surface area contributed by atoms with Crippen molar-refractivity contribution in [2.45, 2.75) is 17.9 Å². The van der Waals surface area contributed by atoms with Crippen LogP contribution in [-0.2, 0) is 10.0 Å². The molecule has 124 valence electrons. The Labute approximate surface area is 142 Å². The van der Waals surface area contributed by atoms with Crippen molar-refractivity contribution in [1.29, 1.82) is 0 Å². The van der Waals surface area contributed by atoms with Gasteiger partial charge in [-0.05, 0) is 35.9 Å². The lowest BCUT2D eigenvalue weighted by Crippen LogP contribution is -2.27. The quantitative estimate of drug-likeness (QED) is 0.766. The van der Waals surface area contributed by atoms with Gasteiger partial charge in [0.2, 0.25) is 10.0 Å². The number of rotatable bonds is 5. The monoisotopic (exact) mass is 341 g/mol. The van der Waals surface area contributed by atoms with E-state index in [1.807, 2.05) is 54.6 Å². The van der Waals surface area contributed by atoms with E-state index in [9.17, 15) is 8.42 Å². The summed E-state index contributed by atoms with van der Waals surface area (Å²) in [6.45, 7) is 1.80. The Balaban J connectivity index is 1.92. The topological polar surface area (TPSA) is 55.4 Å². The van der Waals surface area contributed by atoms with E-state index in [0.29, 0.717) is 5.75 Å². The Morgan fingerprint density at radius 2 is 1.58 bits per heavy atom. The van der Waals surface area contributed by atoms with Crippen molar-refractivity contribution in [3.05, 3.63) is 72.3 Å². The van der Waals surface area contributed by atoms with Crippen molar-refractivity contribution in [3.63, 3.8) is 0 Å². The first-order chi connectivity index (χ1) is 11.5. The Hall–Kier alpha value is -2.37. The first-order valence-corrected chi connectivity index (χ1v) is 9.13. The molecule has 24 heavy (non-hydrogen) atoms. The third-order valence-electron chi connectivity index (χ3n) is 3.97. The van der Waals surface area contributed by atoms with Crippen molar-refractivity contribution in [3.8, 4) is 5.75 Å². The predicted octanol–water partition coefficient (Wildman–Crippen LogP) is 3.89. The molecule has 0 unspecified atom stereocenters. The molecule has 1 atom stereocenters. The van der Waals surface area contributed by atoms with E-state index in [4.69, 9.17) is 4.74 Å². The molecule has 0 saturated carbocycles. The van der Waals surface area contributed by atoms with Crippen LogP contribution in [0.1, 0.15) is 18.5 Å². The highest BCUT2D eigenvalue weighted by molar-refractivity contribution is 7.89. The van der Waals surface area contributed by atoms with E-state index in [1.54, 1.807) is 26.2 Å². The second kappa shape index (κ2) is 6.63. The molecule has 1 N–H and O–H groups in total. The molecule has 0 amide bonds. The highest BCUT2D eigenvalue weighted by Crippen LogP contribution is 2.26. The van der Waals surface area contributed by atoms with Gasteiger partial charge in [-0.15, -0.1) is 0 Å². The highest BCUT2D eigenvalue weighted by Gasteiger charge is 2.20. The van der Waals surface area contributed by atoms with Crippen molar-refractivity contribution in [2.75, 3.05) is 7.11 Å². The first kappa shape index (κ1) is 16.5. The maximum atomic E-state index is 12.7. The number of sulfonamides is 1. The van der Waals surface area contributed by atoms with Crippen molar-refractivity contribution >= 4 is 20.8 Å². The summed E-state index contributed by atoms with van der Waals surface area (Å²) >= 11 is 0. The summed E-state index contributed by atoms with van der Waals surface area (Å²) < 4.78 is 33.4. The highest BCUT2D eigenvalue weighted by atomic mass is 32.2. The normalized spacial score (nSPS) is 12.9. The Kier molecular flexibility index (Phi) is 4.55. The number of para-hydroxylation sites is 1. The van der Waals surface area contributed by atoms with Crippen LogP contribution >= 0.6 is 0 Å². The minimum atomic E-state index is -3.63. The van der Waals surface area contributed by atoms with Gasteiger partial charge in [0.1, 0.15) is 5.75 Å². The summed E-state index contributed by atoms with van der Waals surface area (Å²) in [5.41, 5.74) is 0.796. The van der Waals surface area contributed by atoms with Crippen LogP contribution in [0.4, 0.5) is 0 Å². The van der Waals surface area contributed by atoms with Gasteiger partial charge in [0.25, 0.3) is 0 Å². The third-order valence-corrected chi connectivity index (χ3v) is 5.51. The summed E-state index contributed by atoms with van der Waals surface area (Å²) in [5, 5.41) is 1.90. The molecule has 0 aliphatic heterocycles. The Morgan fingerprint density at radius 1 is 0.917 bits per heavy atom.